The molecule has 0 spiro atoms. The highest BCUT2D eigenvalue weighted by molar-refractivity contribution is 6.07. The van der Waals surface area contributed by atoms with Gasteiger partial charge in [-0.05, 0) is 24.3 Å². The SMILES string of the molecule is NC(=O)c1ccccc1C(=O)NCCNC(=O)c1ccccc1C(N)=O. The van der Waals surface area contributed by atoms with Crippen LogP contribution in [0.3, 0.4) is 0 Å². The molecule has 0 radical (unpaired) electrons. The minimum atomic E-state index is -0.702. The average Bonchev–Trinajstić information content (AvgIpc) is 2.64. The van der Waals surface area contributed by atoms with Crippen molar-refractivity contribution in [1.82, 2.24) is 10.6 Å². The summed E-state index contributed by atoms with van der Waals surface area (Å²) < 4.78 is 0. The molecule has 2 rings (SSSR count). The van der Waals surface area contributed by atoms with Gasteiger partial charge in [0.25, 0.3) is 11.8 Å². The highest BCUT2D eigenvalue weighted by Gasteiger charge is 2.15. The third-order valence-corrected chi connectivity index (χ3v) is 3.57. The predicted molar refractivity (Wildman–Crippen MR) is 94.6 cm³/mol. The lowest BCUT2D eigenvalue weighted by Gasteiger charge is -2.10. The van der Waals surface area contributed by atoms with Gasteiger partial charge in [-0.15, -0.1) is 0 Å². The van der Waals surface area contributed by atoms with E-state index in [1.54, 1.807) is 24.3 Å². The number of hydrogen-bond acceptors (Lipinski definition) is 4. The molecule has 0 fully saturated rings. The van der Waals surface area contributed by atoms with E-state index >= 15 is 0 Å². The number of amides is 4. The topological polar surface area (TPSA) is 144 Å². The Bertz CT molecular complexity index is 792. The third kappa shape index (κ3) is 4.44. The van der Waals surface area contributed by atoms with Crippen LogP contribution in [0.1, 0.15) is 41.4 Å². The molecule has 0 aliphatic carbocycles. The second-order valence-corrected chi connectivity index (χ2v) is 5.33. The van der Waals surface area contributed by atoms with Crippen molar-refractivity contribution in [3.8, 4) is 0 Å². The first-order valence-corrected chi connectivity index (χ1v) is 7.76. The summed E-state index contributed by atoms with van der Waals surface area (Å²) >= 11 is 0. The van der Waals surface area contributed by atoms with E-state index in [-0.39, 0.29) is 35.3 Å². The van der Waals surface area contributed by atoms with Crippen LogP contribution in [-0.4, -0.2) is 36.7 Å². The van der Waals surface area contributed by atoms with Crippen molar-refractivity contribution in [1.29, 1.82) is 0 Å². The highest BCUT2D eigenvalue weighted by Crippen LogP contribution is 2.08. The molecule has 0 aromatic heterocycles. The van der Waals surface area contributed by atoms with Gasteiger partial charge >= 0.3 is 0 Å². The Morgan fingerprint density at radius 1 is 0.615 bits per heavy atom. The number of hydrogen-bond donors (Lipinski definition) is 4. The summed E-state index contributed by atoms with van der Waals surface area (Å²) in [5.74, 6) is -2.36. The van der Waals surface area contributed by atoms with Crippen molar-refractivity contribution in [2.45, 2.75) is 0 Å². The van der Waals surface area contributed by atoms with E-state index in [9.17, 15) is 19.2 Å². The Kier molecular flexibility index (Phi) is 6.05. The first-order chi connectivity index (χ1) is 12.4. The lowest BCUT2D eigenvalue weighted by molar-refractivity contribution is 0.0918. The standard InChI is InChI=1S/C18H18N4O4/c19-15(23)11-5-1-3-7-13(11)17(25)21-9-10-22-18(26)14-8-4-2-6-12(14)16(20)24/h1-8H,9-10H2,(H2,19,23)(H2,20,24)(H,21,25)(H,22,26). The summed E-state index contributed by atoms with van der Waals surface area (Å²) in [6, 6.07) is 12.3. The number of carbonyl (C=O) groups is 4. The van der Waals surface area contributed by atoms with Crippen LogP contribution in [0.4, 0.5) is 0 Å². The summed E-state index contributed by atoms with van der Waals surface area (Å²) in [4.78, 5) is 46.9. The van der Waals surface area contributed by atoms with Crippen molar-refractivity contribution in [2.75, 3.05) is 13.1 Å². The first kappa shape index (κ1) is 18.7. The summed E-state index contributed by atoms with van der Waals surface area (Å²) in [6.45, 7) is 0.243. The zero-order valence-corrected chi connectivity index (χ0v) is 13.8. The molecule has 4 amide bonds. The Morgan fingerprint density at radius 2 is 0.923 bits per heavy atom. The predicted octanol–water partition coefficient (Wildman–Crippen LogP) is 0.0442. The highest BCUT2D eigenvalue weighted by atomic mass is 16.2. The fraction of sp³-hybridized carbons (Fsp3) is 0.111. The molecule has 8 nitrogen and oxygen atoms in total. The lowest BCUT2D eigenvalue weighted by Crippen LogP contribution is -2.36. The molecule has 0 aliphatic rings. The molecule has 0 unspecified atom stereocenters. The molecule has 0 saturated heterocycles. The lowest BCUT2D eigenvalue weighted by atomic mass is 10.1. The van der Waals surface area contributed by atoms with Crippen LogP contribution >= 0.6 is 0 Å². The van der Waals surface area contributed by atoms with Crippen LogP contribution in [0, 0.1) is 0 Å². The summed E-state index contributed by atoms with van der Waals surface area (Å²) in [5, 5.41) is 5.17. The number of nitrogens with two attached hydrogens (primary N) is 2. The van der Waals surface area contributed by atoms with Gasteiger partial charge in [-0.2, -0.15) is 0 Å². The molecular weight excluding hydrogens is 336 g/mol. The molecule has 2 aromatic rings. The van der Waals surface area contributed by atoms with E-state index in [0.717, 1.165) is 0 Å². The van der Waals surface area contributed by atoms with Gasteiger partial charge < -0.3 is 22.1 Å². The molecule has 0 atom stereocenters. The van der Waals surface area contributed by atoms with Gasteiger partial charge in [0.1, 0.15) is 0 Å². The van der Waals surface area contributed by atoms with Crippen molar-refractivity contribution in [3.63, 3.8) is 0 Å². The molecule has 6 N–H and O–H groups in total. The van der Waals surface area contributed by atoms with Crippen LogP contribution in [0.5, 0.6) is 0 Å². The van der Waals surface area contributed by atoms with Gasteiger partial charge in [0.05, 0.1) is 22.3 Å². The Labute approximate surface area is 149 Å². The molecule has 0 aliphatic heterocycles. The molecular formula is C18H18N4O4. The minimum Gasteiger partial charge on any atom is -0.366 e. The van der Waals surface area contributed by atoms with Crippen LogP contribution < -0.4 is 22.1 Å². The Morgan fingerprint density at radius 3 is 1.23 bits per heavy atom. The van der Waals surface area contributed by atoms with E-state index in [4.69, 9.17) is 11.5 Å². The number of benzene rings is 2. The average molecular weight is 354 g/mol. The molecule has 8 heteroatoms. The van der Waals surface area contributed by atoms with Crippen LogP contribution in [0.2, 0.25) is 0 Å². The number of rotatable bonds is 7. The second kappa shape index (κ2) is 8.43. The van der Waals surface area contributed by atoms with Gasteiger partial charge in [-0.3, -0.25) is 19.2 Å². The minimum absolute atomic E-state index is 0.115. The van der Waals surface area contributed by atoms with E-state index in [1.807, 2.05) is 0 Å². The van der Waals surface area contributed by atoms with Gasteiger partial charge in [0, 0.05) is 13.1 Å². The zero-order valence-electron chi connectivity index (χ0n) is 13.8. The first-order valence-electron chi connectivity index (χ1n) is 7.76. The van der Waals surface area contributed by atoms with Gasteiger partial charge in [-0.1, -0.05) is 24.3 Å². The fourth-order valence-electron chi connectivity index (χ4n) is 2.33. The Hall–Kier alpha value is -3.68. The summed E-state index contributed by atoms with van der Waals surface area (Å²) in [5.41, 5.74) is 11.0. The Balaban J connectivity index is 1.91. The number of primary amides is 2. The van der Waals surface area contributed by atoms with Crippen molar-refractivity contribution in [3.05, 3.63) is 70.8 Å². The molecule has 134 valence electrons. The van der Waals surface area contributed by atoms with Crippen molar-refractivity contribution >= 4 is 23.6 Å². The summed E-state index contributed by atoms with van der Waals surface area (Å²) in [7, 11) is 0. The molecule has 0 heterocycles. The molecule has 0 saturated carbocycles. The largest absolute Gasteiger partial charge is 0.366 e. The van der Waals surface area contributed by atoms with Gasteiger partial charge in [0.15, 0.2) is 0 Å². The third-order valence-electron chi connectivity index (χ3n) is 3.57. The maximum absolute atomic E-state index is 12.1. The maximum Gasteiger partial charge on any atom is 0.252 e. The maximum atomic E-state index is 12.1. The van der Waals surface area contributed by atoms with E-state index in [0.29, 0.717) is 0 Å². The van der Waals surface area contributed by atoms with E-state index < -0.39 is 23.6 Å². The zero-order chi connectivity index (χ0) is 19.1. The normalized spacial score (nSPS) is 10.0. The van der Waals surface area contributed by atoms with Crippen molar-refractivity contribution < 1.29 is 19.2 Å². The number of nitrogens with one attached hydrogen (secondary N) is 2. The van der Waals surface area contributed by atoms with Crippen LogP contribution in [0.25, 0.3) is 0 Å². The number of carbonyl (C=O) groups excluding carboxylic acids is 4. The smallest absolute Gasteiger partial charge is 0.252 e. The quantitative estimate of drug-likeness (QED) is 0.520. The van der Waals surface area contributed by atoms with Gasteiger partial charge in [0.2, 0.25) is 11.8 Å². The van der Waals surface area contributed by atoms with Gasteiger partial charge in [-0.25, -0.2) is 0 Å². The second-order valence-electron chi connectivity index (χ2n) is 5.33. The van der Waals surface area contributed by atoms with Crippen LogP contribution in [-0.2, 0) is 0 Å². The molecule has 26 heavy (non-hydrogen) atoms. The van der Waals surface area contributed by atoms with Crippen LogP contribution in [0.15, 0.2) is 48.5 Å². The van der Waals surface area contributed by atoms with E-state index in [2.05, 4.69) is 10.6 Å². The molecule has 2 aromatic carbocycles. The summed E-state index contributed by atoms with van der Waals surface area (Å²) in [6.07, 6.45) is 0. The van der Waals surface area contributed by atoms with E-state index in [1.165, 1.54) is 24.3 Å². The fourth-order valence-corrected chi connectivity index (χ4v) is 2.33. The van der Waals surface area contributed by atoms with Crippen molar-refractivity contribution in [2.24, 2.45) is 11.5 Å². The molecule has 0 bridgehead atoms. The monoisotopic (exact) mass is 354 g/mol.